The van der Waals surface area contributed by atoms with E-state index in [9.17, 15) is 0 Å². The van der Waals surface area contributed by atoms with Crippen molar-refractivity contribution in [3.05, 3.63) is 0 Å². The van der Waals surface area contributed by atoms with E-state index in [1.807, 2.05) is 11.8 Å². The molecule has 0 aromatic rings. The van der Waals surface area contributed by atoms with Crippen molar-refractivity contribution in [1.29, 1.82) is 0 Å². The highest BCUT2D eigenvalue weighted by Crippen LogP contribution is 2.38. The molecule has 0 unspecified atom stereocenters. The molecule has 1 aliphatic heterocycles. The summed E-state index contributed by atoms with van der Waals surface area (Å²) in [7, 11) is 0. The van der Waals surface area contributed by atoms with Crippen molar-refractivity contribution in [1.82, 2.24) is 0 Å². The SMILES string of the molecule is C=NCC1(CN=C)CSC1. The van der Waals surface area contributed by atoms with E-state index in [-0.39, 0.29) is 0 Å². The van der Waals surface area contributed by atoms with Crippen LogP contribution in [-0.2, 0) is 0 Å². The lowest BCUT2D eigenvalue weighted by atomic mass is 9.92. The molecule has 1 fully saturated rings. The molecule has 1 heterocycles. The molecule has 56 valence electrons. The van der Waals surface area contributed by atoms with Crippen LogP contribution < -0.4 is 0 Å². The minimum atomic E-state index is 0.328. The van der Waals surface area contributed by atoms with Gasteiger partial charge in [0.2, 0.25) is 0 Å². The van der Waals surface area contributed by atoms with Crippen LogP contribution in [-0.4, -0.2) is 38.0 Å². The lowest BCUT2D eigenvalue weighted by Crippen LogP contribution is -2.41. The van der Waals surface area contributed by atoms with Gasteiger partial charge in [-0.1, -0.05) is 0 Å². The molecule has 2 nitrogen and oxygen atoms in total. The predicted molar refractivity (Wildman–Crippen MR) is 48.6 cm³/mol. The summed E-state index contributed by atoms with van der Waals surface area (Å²) in [5.41, 5.74) is 0.328. The number of hydrogen-bond acceptors (Lipinski definition) is 3. The Bertz CT molecular complexity index is 129. The lowest BCUT2D eigenvalue weighted by molar-refractivity contribution is 0.391. The Hall–Kier alpha value is -0.310. The van der Waals surface area contributed by atoms with Gasteiger partial charge in [0, 0.05) is 30.0 Å². The molecular weight excluding hydrogens is 144 g/mol. The van der Waals surface area contributed by atoms with Crippen LogP contribution >= 0.6 is 11.8 Å². The Morgan fingerprint density at radius 3 is 1.90 bits per heavy atom. The second-order valence-corrected chi connectivity index (χ2v) is 3.74. The molecule has 10 heavy (non-hydrogen) atoms. The molecule has 1 saturated heterocycles. The van der Waals surface area contributed by atoms with E-state index in [4.69, 9.17) is 0 Å². The molecule has 0 aromatic carbocycles. The standard InChI is InChI=1S/C7H12N2S/c1-8-3-7(4-9-2)5-10-6-7/h1-6H2. The molecule has 0 saturated carbocycles. The Morgan fingerprint density at radius 1 is 1.20 bits per heavy atom. The van der Waals surface area contributed by atoms with Gasteiger partial charge in [-0.3, -0.25) is 0 Å². The van der Waals surface area contributed by atoms with Crippen LogP contribution in [0.5, 0.6) is 0 Å². The van der Waals surface area contributed by atoms with E-state index in [2.05, 4.69) is 23.4 Å². The van der Waals surface area contributed by atoms with Gasteiger partial charge < -0.3 is 9.98 Å². The van der Waals surface area contributed by atoms with Crippen molar-refractivity contribution in [2.75, 3.05) is 24.6 Å². The predicted octanol–water partition coefficient (Wildman–Crippen LogP) is 1.12. The minimum absolute atomic E-state index is 0.328. The average Bonchev–Trinajstić information content (AvgIpc) is 1.84. The van der Waals surface area contributed by atoms with Crippen molar-refractivity contribution in [3.63, 3.8) is 0 Å². The molecule has 0 aromatic heterocycles. The monoisotopic (exact) mass is 156 g/mol. The Balaban J connectivity index is 2.41. The minimum Gasteiger partial charge on any atom is -0.300 e. The van der Waals surface area contributed by atoms with Crippen molar-refractivity contribution in [2.45, 2.75) is 0 Å². The summed E-state index contributed by atoms with van der Waals surface area (Å²) >= 11 is 1.95. The van der Waals surface area contributed by atoms with E-state index in [1.165, 1.54) is 11.5 Å². The normalized spacial score (nSPS) is 21.2. The van der Waals surface area contributed by atoms with Gasteiger partial charge in [0.25, 0.3) is 0 Å². The fraction of sp³-hybridized carbons (Fsp3) is 0.714. The molecule has 1 aliphatic rings. The maximum atomic E-state index is 3.90. The zero-order valence-electron chi connectivity index (χ0n) is 6.05. The fourth-order valence-electron chi connectivity index (χ4n) is 1.10. The average molecular weight is 156 g/mol. The summed E-state index contributed by atoms with van der Waals surface area (Å²) in [6.45, 7) is 8.67. The third-order valence-corrected chi connectivity index (χ3v) is 3.34. The molecule has 0 aliphatic carbocycles. The maximum Gasteiger partial charge on any atom is 0.0472 e. The van der Waals surface area contributed by atoms with Crippen LogP contribution in [0.3, 0.4) is 0 Å². The van der Waals surface area contributed by atoms with Crippen LogP contribution in [0.4, 0.5) is 0 Å². The summed E-state index contributed by atoms with van der Waals surface area (Å²) in [5, 5.41) is 0. The summed E-state index contributed by atoms with van der Waals surface area (Å²) < 4.78 is 0. The van der Waals surface area contributed by atoms with E-state index in [1.54, 1.807) is 0 Å². The number of hydrogen-bond donors (Lipinski definition) is 0. The van der Waals surface area contributed by atoms with Gasteiger partial charge in [0.05, 0.1) is 0 Å². The van der Waals surface area contributed by atoms with Crippen molar-refractivity contribution >= 4 is 25.2 Å². The van der Waals surface area contributed by atoms with E-state index >= 15 is 0 Å². The van der Waals surface area contributed by atoms with Gasteiger partial charge in [-0.25, -0.2) is 0 Å². The summed E-state index contributed by atoms with van der Waals surface area (Å²) in [5.74, 6) is 2.34. The molecule has 0 radical (unpaired) electrons. The third-order valence-electron chi connectivity index (χ3n) is 1.71. The highest BCUT2D eigenvalue weighted by molar-refractivity contribution is 8.00. The van der Waals surface area contributed by atoms with Gasteiger partial charge in [-0.05, 0) is 13.4 Å². The van der Waals surface area contributed by atoms with E-state index < -0.39 is 0 Å². The molecule has 0 bridgehead atoms. The maximum absolute atomic E-state index is 3.90. The summed E-state index contributed by atoms with van der Waals surface area (Å²) in [6.07, 6.45) is 0. The number of aliphatic imine (C=N–C) groups is 2. The highest BCUT2D eigenvalue weighted by Gasteiger charge is 2.36. The second-order valence-electron chi connectivity index (χ2n) is 2.76. The Kier molecular flexibility index (Phi) is 2.49. The molecule has 0 N–H and O–H groups in total. The van der Waals surface area contributed by atoms with E-state index in [0.29, 0.717) is 5.41 Å². The quantitative estimate of drug-likeness (QED) is 0.560. The molecule has 0 spiro atoms. The van der Waals surface area contributed by atoms with E-state index in [0.717, 1.165) is 13.1 Å². The van der Waals surface area contributed by atoms with Gasteiger partial charge in [-0.2, -0.15) is 11.8 Å². The fourth-order valence-corrected chi connectivity index (χ4v) is 2.24. The smallest absolute Gasteiger partial charge is 0.0472 e. The number of rotatable bonds is 4. The zero-order chi connectivity index (χ0) is 7.45. The van der Waals surface area contributed by atoms with Crippen LogP contribution in [0.15, 0.2) is 9.98 Å². The van der Waals surface area contributed by atoms with Gasteiger partial charge in [0.1, 0.15) is 0 Å². The first-order valence-electron chi connectivity index (χ1n) is 3.26. The number of thioether (sulfide) groups is 1. The van der Waals surface area contributed by atoms with Crippen LogP contribution in [0.2, 0.25) is 0 Å². The first kappa shape index (κ1) is 7.79. The Morgan fingerprint density at radius 2 is 1.70 bits per heavy atom. The van der Waals surface area contributed by atoms with Gasteiger partial charge in [0.15, 0.2) is 0 Å². The van der Waals surface area contributed by atoms with Crippen LogP contribution in [0, 0.1) is 5.41 Å². The summed E-state index contributed by atoms with van der Waals surface area (Å²) in [4.78, 5) is 7.79. The van der Waals surface area contributed by atoms with Crippen molar-refractivity contribution in [3.8, 4) is 0 Å². The highest BCUT2D eigenvalue weighted by atomic mass is 32.2. The number of nitrogens with zero attached hydrogens (tertiary/aromatic N) is 2. The molecule has 1 rings (SSSR count). The topological polar surface area (TPSA) is 24.7 Å². The van der Waals surface area contributed by atoms with Crippen LogP contribution in [0.1, 0.15) is 0 Å². The van der Waals surface area contributed by atoms with Crippen molar-refractivity contribution in [2.24, 2.45) is 15.4 Å². The largest absolute Gasteiger partial charge is 0.300 e. The third kappa shape index (κ3) is 1.40. The molecule has 3 heteroatoms. The summed E-state index contributed by atoms with van der Waals surface area (Å²) in [6, 6.07) is 0. The molecule has 0 atom stereocenters. The second kappa shape index (κ2) is 3.19. The molecule has 0 amide bonds. The molecular formula is C7H12N2S. The van der Waals surface area contributed by atoms with Crippen LogP contribution in [0.25, 0.3) is 0 Å². The first-order chi connectivity index (χ1) is 4.83. The lowest BCUT2D eigenvalue weighted by Gasteiger charge is -2.38. The first-order valence-corrected chi connectivity index (χ1v) is 4.41. The van der Waals surface area contributed by atoms with Crippen molar-refractivity contribution < 1.29 is 0 Å². The van der Waals surface area contributed by atoms with Gasteiger partial charge in [-0.15, -0.1) is 0 Å². The van der Waals surface area contributed by atoms with Gasteiger partial charge >= 0.3 is 0 Å². The zero-order valence-corrected chi connectivity index (χ0v) is 6.86. The Labute approximate surface area is 65.8 Å².